The highest BCUT2D eigenvalue weighted by Gasteiger charge is 2.11. The van der Waals surface area contributed by atoms with E-state index in [1.165, 1.54) is 18.2 Å². The lowest BCUT2D eigenvalue weighted by Gasteiger charge is -2.11. The van der Waals surface area contributed by atoms with Gasteiger partial charge in [0.2, 0.25) is 0 Å². The second-order valence-electron chi connectivity index (χ2n) is 4.88. The van der Waals surface area contributed by atoms with Crippen molar-refractivity contribution in [2.24, 2.45) is 0 Å². The topological polar surface area (TPSA) is 73.9 Å². The van der Waals surface area contributed by atoms with Crippen LogP contribution in [0.1, 0.15) is 6.92 Å². The van der Waals surface area contributed by atoms with Gasteiger partial charge in [0.05, 0.1) is 12.3 Å². The van der Waals surface area contributed by atoms with E-state index in [-0.39, 0.29) is 5.75 Å². The van der Waals surface area contributed by atoms with Crippen molar-refractivity contribution in [2.75, 3.05) is 25.1 Å². The number of carbonyl (C=O) groups excluding carboxylic acids is 2. The molecule has 0 aliphatic heterocycles. The Bertz CT molecular complexity index is 735. The molecule has 0 bridgehead atoms. The van der Waals surface area contributed by atoms with Gasteiger partial charge in [-0.15, -0.1) is 0 Å². The van der Waals surface area contributed by atoms with Gasteiger partial charge in [-0.3, -0.25) is 4.79 Å². The third kappa shape index (κ3) is 6.14. The van der Waals surface area contributed by atoms with Gasteiger partial charge in [-0.2, -0.15) is 0 Å². The maximum absolute atomic E-state index is 13.0. The van der Waals surface area contributed by atoms with Crippen LogP contribution in [-0.2, 0) is 14.3 Å². The number of rotatable bonds is 8. The summed E-state index contributed by atoms with van der Waals surface area (Å²) in [4.78, 5) is 23.4. The van der Waals surface area contributed by atoms with Gasteiger partial charge in [-0.25, -0.2) is 9.18 Å². The molecule has 2 aromatic carbocycles. The lowest BCUT2D eigenvalue weighted by Crippen LogP contribution is -2.23. The number of amides is 1. The van der Waals surface area contributed by atoms with Crippen LogP contribution in [0.2, 0.25) is 0 Å². The molecular formula is C18H18FNO5. The van der Waals surface area contributed by atoms with E-state index in [9.17, 15) is 14.0 Å². The van der Waals surface area contributed by atoms with Crippen LogP contribution >= 0.6 is 0 Å². The van der Waals surface area contributed by atoms with Crippen LogP contribution in [0.5, 0.6) is 11.5 Å². The summed E-state index contributed by atoms with van der Waals surface area (Å²) in [6, 6.07) is 12.3. The number of esters is 1. The molecule has 0 radical (unpaired) electrons. The summed E-state index contributed by atoms with van der Waals surface area (Å²) in [6.45, 7) is 1.40. The fraction of sp³-hybridized carbons (Fsp3) is 0.222. The smallest absolute Gasteiger partial charge is 0.344 e. The van der Waals surface area contributed by atoms with Gasteiger partial charge < -0.3 is 19.5 Å². The summed E-state index contributed by atoms with van der Waals surface area (Å²) in [5.74, 6) is -0.992. The number of anilines is 1. The summed E-state index contributed by atoms with van der Waals surface area (Å²) < 4.78 is 28.3. The third-order valence-corrected chi connectivity index (χ3v) is 2.98. The fourth-order valence-corrected chi connectivity index (χ4v) is 1.92. The minimum atomic E-state index is -0.738. The average molecular weight is 347 g/mol. The predicted molar refractivity (Wildman–Crippen MR) is 89.1 cm³/mol. The summed E-state index contributed by atoms with van der Waals surface area (Å²) in [6.07, 6.45) is 0. The second kappa shape index (κ2) is 9.27. The molecule has 1 N–H and O–H groups in total. The zero-order valence-electron chi connectivity index (χ0n) is 13.7. The molecule has 6 nitrogen and oxygen atoms in total. The Morgan fingerprint density at radius 3 is 2.60 bits per heavy atom. The zero-order valence-corrected chi connectivity index (χ0v) is 13.7. The first-order valence-electron chi connectivity index (χ1n) is 7.64. The molecule has 0 atom stereocenters. The number of benzene rings is 2. The van der Waals surface area contributed by atoms with Crippen LogP contribution in [0, 0.1) is 5.82 Å². The highest BCUT2D eigenvalue weighted by atomic mass is 19.1. The van der Waals surface area contributed by atoms with E-state index in [2.05, 4.69) is 5.32 Å². The van der Waals surface area contributed by atoms with Crippen molar-refractivity contribution in [3.05, 3.63) is 54.3 Å². The summed E-state index contributed by atoms with van der Waals surface area (Å²) >= 11 is 0. The van der Waals surface area contributed by atoms with Gasteiger partial charge in [0, 0.05) is 6.07 Å². The van der Waals surface area contributed by atoms with Gasteiger partial charge in [0.1, 0.15) is 17.3 Å². The number of nitrogens with one attached hydrogen (secondary N) is 1. The van der Waals surface area contributed by atoms with Crippen LogP contribution in [0.4, 0.5) is 10.1 Å². The van der Waals surface area contributed by atoms with E-state index in [1.54, 1.807) is 24.3 Å². The molecule has 25 heavy (non-hydrogen) atoms. The van der Waals surface area contributed by atoms with Crippen molar-refractivity contribution in [1.82, 2.24) is 0 Å². The molecule has 0 saturated heterocycles. The Morgan fingerprint density at radius 1 is 1.04 bits per heavy atom. The number of hydrogen-bond donors (Lipinski definition) is 1. The number of carbonyl (C=O) groups is 2. The van der Waals surface area contributed by atoms with Gasteiger partial charge in [0.25, 0.3) is 5.91 Å². The van der Waals surface area contributed by atoms with Crippen molar-refractivity contribution in [3.8, 4) is 11.5 Å². The molecule has 7 heteroatoms. The Labute approximate surface area is 144 Å². The molecule has 0 fully saturated rings. The minimum Gasteiger partial charge on any atom is -0.492 e. The zero-order chi connectivity index (χ0) is 18.1. The predicted octanol–water partition coefficient (Wildman–Crippen LogP) is 2.79. The molecule has 132 valence electrons. The molecule has 2 aromatic rings. The van der Waals surface area contributed by atoms with E-state index < -0.39 is 30.9 Å². The van der Waals surface area contributed by atoms with E-state index in [0.29, 0.717) is 18.0 Å². The largest absolute Gasteiger partial charge is 0.492 e. The van der Waals surface area contributed by atoms with Crippen molar-refractivity contribution in [3.63, 3.8) is 0 Å². The summed E-state index contributed by atoms with van der Waals surface area (Å²) in [5.41, 5.74) is 0.487. The average Bonchev–Trinajstić information content (AvgIpc) is 2.60. The van der Waals surface area contributed by atoms with E-state index in [1.807, 2.05) is 6.92 Å². The summed E-state index contributed by atoms with van der Waals surface area (Å²) in [5, 5.41) is 2.60. The molecule has 0 aliphatic rings. The summed E-state index contributed by atoms with van der Waals surface area (Å²) in [7, 11) is 0. The lowest BCUT2D eigenvalue weighted by atomic mass is 10.3. The molecule has 0 aliphatic carbocycles. The monoisotopic (exact) mass is 347 g/mol. The highest BCUT2D eigenvalue weighted by Crippen LogP contribution is 2.23. The van der Waals surface area contributed by atoms with E-state index >= 15 is 0 Å². The number of ether oxygens (including phenoxy) is 3. The van der Waals surface area contributed by atoms with Crippen molar-refractivity contribution < 1.29 is 28.2 Å². The second-order valence-corrected chi connectivity index (χ2v) is 4.88. The van der Waals surface area contributed by atoms with Crippen LogP contribution in [0.3, 0.4) is 0 Å². The number of halogens is 1. The first-order valence-corrected chi connectivity index (χ1v) is 7.64. The standard InChI is InChI=1S/C18H18FNO5/c1-2-23-16-9-4-3-8-15(16)20-17(21)11-25-18(22)12-24-14-7-5-6-13(19)10-14/h3-10H,2,11-12H2,1H3,(H,20,21). The van der Waals surface area contributed by atoms with E-state index in [4.69, 9.17) is 14.2 Å². The first kappa shape index (κ1) is 18.3. The van der Waals surface area contributed by atoms with Gasteiger partial charge in [-0.05, 0) is 31.2 Å². The molecule has 0 saturated carbocycles. The van der Waals surface area contributed by atoms with E-state index in [0.717, 1.165) is 6.07 Å². The molecule has 0 spiro atoms. The highest BCUT2D eigenvalue weighted by molar-refractivity contribution is 5.94. The van der Waals surface area contributed by atoms with Crippen molar-refractivity contribution >= 4 is 17.6 Å². The van der Waals surface area contributed by atoms with Crippen LogP contribution in [-0.4, -0.2) is 31.7 Å². The number of para-hydroxylation sites is 2. The van der Waals surface area contributed by atoms with Crippen molar-refractivity contribution in [1.29, 1.82) is 0 Å². The van der Waals surface area contributed by atoms with Gasteiger partial charge in [0.15, 0.2) is 13.2 Å². The Balaban J connectivity index is 1.77. The first-order chi connectivity index (χ1) is 12.1. The van der Waals surface area contributed by atoms with Crippen molar-refractivity contribution in [2.45, 2.75) is 6.92 Å². The third-order valence-electron chi connectivity index (χ3n) is 2.98. The lowest BCUT2D eigenvalue weighted by molar-refractivity contribution is -0.149. The molecule has 2 rings (SSSR count). The molecule has 0 heterocycles. The van der Waals surface area contributed by atoms with Crippen LogP contribution in [0.15, 0.2) is 48.5 Å². The molecule has 0 aromatic heterocycles. The molecule has 1 amide bonds. The number of hydrogen-bond acceptors (Lipinski definition) is 5. The minimum absolute atomic E-state index is 0.201. The Kier molecular flexibility index (Phi) is 6.76. The van der Waals surface area contributed by atoms with Gasteiger partial charge >= 0.3 is 5.97 Å². The molecule has 0 unspecified atom stereocenters. The SMILES string of the molecule is CCOc1ccccc1NC(=O)COC(=O)COc1cccc(F)c1. The Hall–Kier alpha value is -3.09. The molecular weight excluding hydrogens is 329 g/mol. The van der Waals surface area contributed by atoms with Gasteiger partial charge in [-0.1, -0.05) is 18.2 Å². The Morgan fingerprint density at radius 2 is 1.84 bits per heavy atom. The van der Waals surface area contributed by atoms with Crippen LogP contribution < -0.4 is 14.8 Å². The fourth-order valence-electron chi connectivity index (χ4n) is 1.92. The quantitative estimate of drug-likeness (QED) is 0.743. The maximum Gasteiger partial charge on any atom is 0.344 e. The normalized spacial score (nSPS) is 10.0. The van der Waals surface area contributed by atoms with Crippen LogP contribution in [0.25, 0.3) is 0 Å². The maximum atomic E-state index is 13.0.